The first-order valence-corrected chi connectivity index (χ1v) is 10.4. The van der Waals surface area contributed by atoms with Crippen LogP contribution in [0.2, 0.25) is 0 Å². The van der Waals surface area contributed by atoms with Crippen molar-refractivity contribution >= 4 is 23.2 Å². The van der Waals surface area contributed by atoms with Gasteiger partial charge in [0, 0.05) is 44.5 Å². The number of hydrogen-bond acceptors (Lipinski definition) is 3. The van der Waals surface area contributed by atoms with Crippen LogP contribution in [0.3, 0.4) is 0 Å². The average molecular weight is 374 g/mol. The van der Waals surface area contributed by atoms with Crippen LogP contribution in [0.15, 0.2) is 18.2 Å². The Labute approximate surface area is 164 Å². The van der Waals surface area contributed by atoms with Crippen molar-refractivity contribution in [3.05, 3.63) is 23.8 Å². The second-order valence-corrected chi connectivity index (χ2v) is 7.72. The van der Waals surface area contributed by atoms with Crippen LogP contribution in [0.5, 0.6) is 0 Å². The van der Waals surface area contributed by atoms with Crippen molar-refractivity contribution in [3.63, 3.8) is 0 Å². The predicted octanol–water partition coefficient (Wildman–Crippen LogP) is 4.53. The predicted molar refractivity (Wildman–Crippen MR) is 112 cm³/mol. The molecule has 150 valence electrons. The summed E-state index contributed by atoms with van der Waals surface area (Å²) in [5.41, 5.74) is 2.27. The van der Waals surface area contributed by atoms with Crippen LogP contribution in [-0.2, 0) is 4.79 Å². The molecule has 1 aliphatic heterocycles. The SMILES string of the molecule is CCCCC(CC)C(=O)Nc1ccc(N(C)C)c(C(=O)N2CCCCC2)c1. The highest BCUT2D eigenvalue weighted by Crippen LogP contribution is 2.26. The first-order valence-electron chi connectivity index (χ1n) is 10.4. The highest BCUT2D eigenvalue weighted by Gasteiger charge is 2.23. The van der Waals surface area contributed by atoms with E-state index in [9.17, 15) is 9.59 Å². The Morgan fingerprint density at radius 1 is 1.15 bits per heavy atom. The molecule has 5 heteroatoms. The van der Waals surface area contributed by atoms with Crippen LogP contribution in [0.4, 0.5) is 11.4 Å². The van der Waals surface area contributed by atoms with Gasteiger partial charge in [0.1, 0.15) is 0 Å². The smallest absolute Gasteiger partial charge is 0.256 e. The van der Waals surface area contributed by atoms with Gasteiger partial charge in [-0.05, 0) is 50.3 Å². The van der Waals surface area contributed by atoms with E-state index >= 15 is 0 Å². The quantitative estimate of drug-likeness (QED) is 0.728. The molecule has 1 saturated heterocycles. The summed E-state index contributed by atoms with van der Waals surface area (Å²) in [5.74, 6) is 0.146. The lowest BCUT2D eigenvalue weighted by atomic mass is 9.98. The van der Waals surface area contributed by atoms with Crippen LogP contribution in [0.1, 0.15) is 69.2 Å². The number of amides is 2. The largest absolute Gasteiger partial charge is 0.377 e. The topological polar surface area (TPSA) is 52.7 Å². The fourth-order valence-electron chi connectivity index (χ4n) is 3.66. The first-order chi connectivity index (χ1) is 13.0. The van der Waals surface area contributed by atoms with E-state index in [-0.39, 0.29) is 17.7 Å². The monoisotopic (exact) mass is 373 g/mol. The molecule has 1 fully saturated rings. The summed E-state index contributed by atoms with van der Waals surface area (Å²) in [4.78, 5) is 29.6. The van der Waals surface area contributed by atoms with Gasteiger partial charge in [0.15, 0.2) is 0 Å². The van der Waals surface area contributed by atoms with Crippen molar-refractivity contribution < 1.29 is 9.59 Å². The lowest BCUT2D eigenvalue weighted by Crippen LogP contribution is -2.36. The summed E-state index contributed by atoms with van der Waals surface area (Å²) < 4.78 is 0. The van der Waals surface area contributed by atoms with E-state index in [0.717, 1.165) is 57.3 Å². The molecule has 1 aliphatic rings. The van der Waals surface area contributed by atoms with Gasteiger partial charge in [-0.15, -0.1) is 0 Å². The van der Waals surface area contributed by atoms with Crippen molar-refractivity contribution in [2.24, 2.45) is 5.92 Å². The second kappa shape index (κ2) is 10.3. The molecule has 0 spiro atoms. The Morgan fingerprint density at radius 3 is 2.44 bits per heavy atom. The van der Waals surface area contributed by atoms with Gasteiger partial charge >= 0.3 is 0 Å². The summed E-state index contributed by atoms with van der Waals surface area (Å²) in [6.45, 7) is 5.83. The van der Waals surface area contributed by atoms with E-state index in [4.69, 9.17) is 0 Å². The number of carbonyl (C=O) groups is 2. The van der Waals surface area contributed by atoms with Gasteiger partial charge in [-0.25, -0.2) is 0 Å². The summed E-state index contributed by atoms with van der Waals surface area (Å²) in [5, 5.41) is 3.04. The number of rotatable bonds is 8. The minimum atomic E-state index is 0.0275. The van der Waals surface area contributed by atoms with Gasteiger partial charge < -0.3 is 15.1 Å². The third kappa shape index (κ3) is 5.72. The number of nitrogens with one attached hydrogen (secondary N) is 1. The van der Waals surface area contributed by atoms with Crippen LogP contribution in [0, 0.1) is 5.92 Å². The van der Waals surface area contributed by atoms with E-state index in [1.54, 1.807) is 0 Å². The highest BCUT2D eigenvalue weighted by atomic mass is 16.2. The van der Waals surface area contributed by atoms with E-state index < -0.39 is 0 Å². The lowest BCUT2D eigenvalue weighted by molar-refractivity contribution is -0.120. The van der Waals surface area contributed by atoms with Crippen molar-refractivity contribution in [1.29, 1.82) is 0 Å². The van der Waals surface area contributed by atoms with Crippen LogP contribution in [0.25, 0.3) is 0 Å². The molecule has 27 heavy (non-hydrogen) atoms. The maximum absolute atomic E-state index is 13.1. The number of hydrogen-bond donors (Lipinski definition) is 1. The Bertz CT molecular complexity index is 636. The summed E-state index contributed by atoms with van der Waals surface area (Å²) in [6.07, 6.45) is 7.22. The molecule has 2 amide bonds. The van der Waals surface area contributed by atoms with Crippen molar-refractivity contribution in [2.75, 3.05) is 37.4 Å². The Kier molecular flexibility index (Phi) is 8.14. The zero-order valence-corrected chi connectivity index (χ0v) is 17.4. The van der Waals surface area contributed by atoms with Crippen molar-refractivity contribution in [2.45, 2.75) is 58.8 Å². The molecule has 0 bridgehead atoms. The van der Waals surface area contributed by atoms with E-state index in [2.05, 4.69) is 19.2 Å². The molecule has 5 nitrogen and oxygen atoms in total. The molecule has 1 unspecified atom stereocenters. The minimum absolute atomic E-state index is 0.0275. The molecular weight excluding hydrogens is 338 g/mol. The molecule has 0 saturated carbocycles. The number of carbonyl (C=O) groups excluding carboxylic acids is 2. The van der Waals surface area contributed by atoms with Gasteiger partial charge in [0.2, 0.25) is 5.91 Å². The maximum atomic E-state index is 13.1. The number of anilines is 2. The molecule has 0 aromatic heterocycles. The van der Waals surface area contributed by atoms with Crippen LogP contribution in [-0.4, -0.2) is 43.9 Å². The third-order valence-corrected chi connectivity index (χ3v) is 5.39. The lowest BCUT2D eigenvalue weighted by Gasteiger charge is -2.29. The standard InChI is InChI=1S/C22H35N3O2/c1-5-7-11-17(6-2)21(26)23-18-12-13-20(24(3)4)19(16-18)22(27)25-14-9-8-10-15-25/h12-13,16-17H,5-11,14-15H2,1-4H3,(H,23,26). The number of unbranched alkanes of at least 4 members (excludes halogenated alkanes) is 1. The highest BCUT2D eigenvalue weighted by molar-refractivity contribution is 6.02. The van der Waals surface area contributed by atoms with Gasteiger partial charge in [0.05, 0.1) is 5.56 Å². The number of nitrogens with zero attached hydrogens (tertiary/aromatic N) is 2. The van der Waals surface area contributed by atoms with Gasteiger partial charge in [-0.1, -0.05) is 26.7 Å². The maximum Gasteiger partial charge on any atom is 0.256 e. The molecular formula is C22H35N3O2. The molecule has 0 radical (unpaired) electrons. The summed E-state index contributed by atoms with van der Waals surface area (Å²) in [7, 11) is 3.89. The molecule has 1 N–H and O–H groups in total. The fraction of sp³-hybridized carbons (Fsp3) is 0.636. The Morgan fingerprint density at radius 2 is 1.85 bits per heavy atom. The number of benzene rings is 1. The molecule has 0 aliphatic carbocycles. The van der Waals surface area contributed by atoms with Gasteiger partial charge in [-0.2, -0.15) is 0 Å². The summed E-state index contributed by atoms with van der Waals surface area (Å²) in [6, 6.07) is 5.67. The Hall–Kier alpha value is -2.04. The van der Waals surface area contributed by atoms with Crippen molar-refractivity contribution in [1.82, 2.24) is 4.90 Å². The summed E-state index contributed by atoms with van der Waals surface area (Å²) >= 11 is 0. The van der Waals surface area contributed by atoms with Crippen molar-refractivity contribution in [3.8, 4) is 0 Å². The zero-order chi connectivity index (χ0) is 19.8. The molecule has 1 heterocycles. The van der Waals surface area contributed by atoms with Gasteiger partial charge in [0.25, 0.3) is 5.91 Å². The van der Waals surface area contributed by atoms with E-state index in [1.807, 2.05) is 42.1 Å². The van der Waals surface area contributed by atoms with E-state index in [1.165, 1.54) is 6.42 Å². The molecule has 2 rings (SSSR count). The average Bonchev–Trinajstić information content (AvgIpc) is 2.68. The molecule has 1 aromatic carbocycles. The molecule has 1 atom stereocenters. The number of piperidine rings is 1. The van der Waals surface area contributed by atoms with Gasteiger partial charge in [-0.3, -0.25) is 9.59 Å². The Balaban J connectivity index is 2.20. The fourth-order valence-corrected chi connectivity index (χ4v) is 3.66. The first kappa shape index (κ1) is 21.3. The van der Waals surface area contributed by atoms with Crippen LogP contribution < -0.4 is 10.2 Å². The molecule has 1 aromatic rings. The third-order valence-electron chi connectivity index (χ3n) is 5.39. The minimum Gasteiger partial charge on any atom is -0.377 e. The van der Waals surface area contributed by atoms with E-state index in [0.29, 0.717) is 11.3 Å². The van der Waals surface area contributed by atoms with Crippen LogP contribution >= 0.6 is 0 Å². The normalized spacial score (nSPS) is 15.3. The zero-order valence-electron chi connectivity index (χ0n) is 17.4. The number of likely N-dealkylation sites (tertiary alicyclic amines) is 1. The second-order valence-electron chi connectivity index (χ2n) is 7.72.